The Kier molecular flexibility index (Phi) is 35.9. The summed E-state index contributed by atoms with van der Waals surface area (Å²) in [5.41, 5.74) is 8.68. The average molecular weight is 560 g/mol. The summed E-state index contributed by atoms with van der Waals surface area (Å²) in [4.78, 5) is 2.22. The van der Waals surface area contributed by atoms with Crippen molar-refractivity contribution < 1.29 is 0 Å². The Morgan fingerprint density at radius 1 is 0.317 bits per heavy atom. The third-order valence-electron chi connectivity index (χ3n) is 4.83. The summed E-state index contributed by atoms with van der Waals surface area (Å²) >= 11 is 0. The van der Waals surface area contributed by atoms with E-state index in [1.807, 2.05) is 96.9 Å². The Balaban J connectivity index is -0.000000430. The van der Waals surface area contributed by atoms with Gasteiger partial charge < -0.3 is 4.90 Å². The Bertz CT molecular complexity index is 960. The Morgan fingerprint density at radius 3 is 0.805 bits per heavy atom. The smallest absolute Gasteiger partial charge is 0.0520 e. The summed E-state index contributed by atoms with van der Waals surface area (Å²) in [6, 6.07) is 36.5. The van der Waals surface area contributed by atoms with Crippen LogP contribution in [0.1, 0.15) is 96.9 Å². The Morgan fingerprint density at radius 2 is 0.561 bits per heavy atom. The quantitative estimate of drug-likeness (QED) is 0.240. The van der Waals surface area contributed by atoms with E-state index in [9.17, 15) is 0 Å². The van der Waals surface area contributed by atoms with Crippen molar-refractivity contribution in [2.75, 3.05) is 19.0 Å². The van der Waals surface area contributed by atoms with Crippen molar-refractivity contribution in [3.8, 4) is 33.4 Å². The molecule has 0 aliphatic rings. The van der Waals surface area contributed by atoms with Gasteiger partial charge in [0.2, 0.25) is 0 Å². The minimum Gasteiger partial charge on any atom is -0.377 e. The lowest BCUT2D eigenvalue weighted by Crippen LogP contribution is -2.12. The standard InChI is InChI=1S/C26H23N.7C2H6/c1-27(2)26-24(21-14-8-4-9-15-21)18-23(20-12-6-3-7-13-20)19-25(26)22-16-10-5-11-17-22;7*1-2/h3-19H,1-2H3;7*1-2H3. The Hall–Kier alpha value is -3.32. The van der Waals surface area contributed by atoms with E-state index >= 15 is 0 Å². The van der Waals surface area contributed by atoms with Crippen molar-refractivity contribution in [1.29, 1.82) is 0 Å². The van der Waals surface area contributed by atoms with Gasteiger partial charge in [0, 0.05) is 25.2 Å². The largest absolute Gasteiger partial charge is 0.377 e. The van der Waals surface area contributed by atoms with Crippen LogP contribution >= 0.6 is 0 Å². The fraction of sp³-hybridized carbons (Fsp3) is 0.400. The lowest BCUT2D eigenvalue weighted by molar-refractivity contribution is 1.13. The molecule has 0 spiro atoms. The van der Waals surface area contributed by atoms with Crippen LogP contribution in [0, 0.1) is 0 Å². The molecule has 4 aromatic carbocycles. The summed E-state index contributed by atoms with van der Waals surface area (Å²) in [7, 11) is 4.24. The lowest BCUT2D eigenvalue weighted by Gasteiger charge is -2.24. The fourth-order valence-corrected chi connectivity index (χ4v) is 3.59. The van der Waals surface area contributed by atoms with E-state index in [4.69, 9.17) is 0 Å². The zero-order valence-corrected chi connectivity index (χ0v) is 29.8. The normalized spacial score (nSPS) is 8.00. The summed E-state index contributed by atoms with van der Waals surface area (Å²) < 4.78 is 0. The van der Waals surface area contributed by atoms with Gasteiger partial charge in [-0.3, -0.25) is 0 Å². The monoisotopic (exact) mass is 560 g/mol. The molecule has 0 saturated carbocycles. The fourth-order valence-electron chi connectivity index (χ4n) is 3.59. The number of anilines is 1. The highest BCUT2D eigenvalue weighted by atomic mass is 15.1. The van der Waals surface area contributed by atoms with E-state index in [0.29, 0.717) is 0 Å². The third kappa shape index (κ3) is 15.9. The molecule has 41 heavy (non-hydrogen) atoms. The van der Waals surface area contributed by atoms with Gasteiger partial charge in [-0.1, -0.05) is 188 Å². The number of hydrogen-bond acceptors (Lipinski definition) is 1. The minimum atomic E-state index is 1.23. The summed E-state index contributed by atoms with van der Waals surface area (Å²) in [5, 5.41) is 0. The van der Waals surface area contributed by atoms with Crippen LogP contribution in [-0.4, -0.2) is 14.1 Å². The zero-order chi connectivity index (χ0) is 32.6. The van der Waals surface area contributed by atoms with Crippen molar-refractivity contribution in [3.05, 3.63) is 103 Å². The van der Waals surface area contributed by atoms with E-state index in [1.165, 1.54) is 39.1 Å². The second-order valence-electron chi connectivity index (χ2n) is 6.91. The molecule has 0 saturated heterocycles. The Labute approximate surface area is 257 Å². The molecule has 4 rings (SSSR count). The van der Waals surface area contributed by atoms with E-state index in [0.717, 1.165) is 0 Å². The molecule has 0 amide bonds. The van der Waals surface area contributed by atoms with E-state index in [2.05, 4.69) is 122 Å². The van der Waals surface area contributed by atoms with Gasteiger partial charge >= 0.3 is 0 Å². The SMILES string of the molecule is CC.CC.CC.CC.CC.CC.CC.CN(C)c1c(-c2ccccc2)cc(-c2ccccc2)cc1-c1ccccc1. The molecule has 0 atom stereocenters. The van der Waals surface area contributed by atoms with Crippen LogP contribution in [0.4, 0.5) is 5.69 Å². The van der Waals surface area contributed by atoms with Gasteiger partial charge in [-0.15, -0.1) is 0 Å². The van der Waals surface area contributed by atoms with Crippen LogP contribution in [0.15, 0.2) is 103 Å². The van der Waals surface area contributed by atoms with Crippen LogP contribution in [-0.2, 0) is 0 Å². The highest BCUT2D eigenvalue weighted by molar-refractivity contribution is 5.94. The molecule has 0 unspecified atom stereocenters. The molecule has 1 heteroatoms. The molecule has 0 aliphatic carbocycles. The molecule has 0 fully saturated rings. The maximum absolute atomic E-state index is 2.31. The molecule has 0 heterocycles. The van der Waals surface area contributed by atoms with Crippen LogP contribution in [0.5, 0.6) is 0 Å². The van der Waals surface area contributed by atoms with Gasteiger partial charge in [0.15, 0.2) is 0 Å². The van der Waals surface area contributed by atoms with Crippen LogP contribution in [0.25, 0.3) is 33.4 Å². The number of nitrogens with zero attached hydrogens (tertiary/aromatic N) is 1. The maximum atomic E-state index is 2.31. The van der Waals surface area contributed by atoms with Crippen LogP contribution in [0.2, 0.25) is 0 Å². The molecular weight excluding hydrogens is 494 g/mol. The molecule has 0 aliphatic heterocycles. The zero-order valence-electron chi connectivity index (χ0n) is 29.8. The maximum Gasteiger partial charge on any atom is 0.0520 e. The second-order valence-corrected chi connectivity index (χ2v) is 6.91. The first-order valence-electron chi connectivity index (χ1n) is 16.3. The molecule has 230 valence electrons. The summed E-state index contributed by atoms with van der Waals surface area (Å²) in [6.45, 7) is 28.0. The molecule has 4 aromatic rings. The third-order valence-corrected chi connectivity index (χ3v) is 4.83. The molecule has 1 nitrogen and oxygen atoms in total. The van der Waals surface area contributed by atoms with Crippen molar-refractivity contribution in [1.82, 2.24) is 0 Å². The van der Waals surface area contributed by atoms with E-state index < -0.39 is 0 Å². The minimum absolute atomic E-state index is 1.23. The molecule has 0 N–H and O–H groups in total. The van der Waals surface area contributed by atoms with Crippen LogP contribution in [0.3, 0.4) is 0 Å². The topological polar surface area (TPSA) is 3.24 Å². The van der Waals surface area contributed by atoms with Crippen molar-refractivity contribution in [2.45, 2.75) is 96.9 Å². The molecule has 0 bridgehead atoms. The first kappa shape index (κ1) is 44.7. The van der Waals surface area contributed by atoms with Crippen molar-refractivity contribution in [2.24, 2.45) is 0 Å². The summed E-state index contributed by atoms with van der Waals surface area (Å²) in [6.07, 6.45) is 0. The molecule has 0 radical (unpaired) electrons. The van der Waals surface area contributed by atoms with Gasteiger partial charge in [-0.2, -0.15) is 0 Å². The summed E-state index contributed by atoms with van der Waals surface area (Å²) in [5.74, 6) is 0. The number of hydrogen-bond donors (Lipinski definition) is 0. The second kappa shape index (κ2) is 32.9. The predicted molar refractivity (Wildman–Crippen MR) is 197 cm³/mol. The lowest BCUT2D eigenvalue weighted by atomic mass is 9.90. The van der Waals surface area contributed by atoms with Gasteiger partial charge in [0.1, 0.15) is 0 Å². The predicted octanol–water partition coefficient (Wildman–Crippen LogP) is 13.9. The molecular formula is C40H65N. The van der Waals surface area contributed by atoms with Crippen molar-refractivity contribution in [3.63, 3.8) is 0 Å². The van der Waals surface area contributed by atoms with E-state index in [-0.39, 0.29) is 0 Å². The molecule has 0 aromatic heterocycles. The average Bonchev–Trinajstić information content (AvgIpc) is 3.11. The van der Waals surface area contributed by atoms with Gasteiger partial charge in [-0.05, 0) is 34.4 Å². The van der Waals surface area contributed by atoms with Gasteiger partial charge in [0.25, 0.3) is 0 Å². The van der Waals surface area contributed by atoms with Gasteiger partial charge in [0.05, 0.1) is 5.69 Å². The highest BCUT2D eigenvalue weighted by Gasteiger charge is 2.16. The van der Waals surface area contributed by atoms with Crippen molar-refractivity contribution >= 4 is 5.69 Å². The van der Waals surface area contributed by atoms with Gasteiger partial charge in [-0.25, -0.2) is 0 Å². The first-order valence-corrected chi connectivity index (χ1v) is 16.3. The number of benzene rings is 4. The number of rotatable bonds is 4. The first-order chi connectivity index (χ1) is 20.2. The highest BCUT2D eigenvalue weighted by Crippen LogP contribution is 2.42. The van der Waals surface area contributed by atoms with Crippen LogP contribution < -0.4 is 4.90 Å². The van der Waals surface area contributed by atoms with E-state index in [1.54, 1.807) is 0 Å².